The molecule has 1 aromatic carbocycles. The highest BCUT2D eigenvalue weighted by atomic mass is 16.5. The number of imide groups is 2. The molecule has 150 valence electrons. The van der Waals surface area contributed by atoms with Gasteiger partial charge in [0.25, 0.3) is 11.8 Å². The minimum atomic E-state index is -0.712. The number of carbonyl (C=O) groups is 4. The van der Waals surface area contributed by atoms with Crippen molar-refractivity contribution >= 4 is 29.9 Å². The summed E-state index contributed by atoms with van der Waals surface area (Å²) < 4.78 is 6.66. The second-order valence-electron chi connectivity index (χ2n) is 6.57. The van der Waals surface area contributed by atoms with E-state index < -0.39 is 23.8 Å². The fourth-order valence-electron chi connectivity index (χ4n) is 3.33. The molecule has 8 heteroatoms. The second kappa shape index (κ2) is 7.75. The first-order chi connectivity index (χ1) is 13.8. The molecule has 3 rings (SSSR count). The Morgan fingerprint density at radius 1 is 1.14 bits per heavy atom. The number of benzene rings is 1. The van der Waals surface area contributed by atoms with Gasteiger partial charge >= 0.3 is 12.0 Å². The zero-order valence-corrected chi connectivity index (χ0v) is 16.6. The number of urea groups is 1. The van der Waals surface area contributed by atoms with Gasteiger partial charge in [0.05, 0.1) is 12.7 Å². The molecule has 0 unspecified atom stereocenters. The highest BCUT2D eigenvalue weighted by Gasteiger charge is 2.34. The summed E-state index contributed by atoms with van der Waals surface area (Å²) in [4.78, 5) is 49.1. The largest absolute Gasteiger partial charge is 0.465 e. The van der Waals surface area contributed by atoms with Crippen LogP contribution in [0.4, 0.5) is 4.79 Å². The summed E-state index contributed by atoms with van der Waals surface area (Å²) in [5, 5.41) is 2.18. The SMILES string of the molecule is CCN1C(=O)NC(=O)/C(=C\c2cc(C)n(-c3ccc(C(=O)OC)cc3)c2C)C1=O. The Morgan fingerprint density at radius 3 is 2.38 bits per heavy atom. The van der Waals surface area contributed by atoms with E-state index in [1.165, 1.54) is 13.2 Å². The molecule has 4 amide bonds. The molecular weight excluding hydrogens is 374 g/mol. The lowest BCUT2D eigenvalue weighted by Crippen LogP contribution is -2.53. The third-order valence-corrected chi connectivity index (χ3v) is 4.82. The second-order valence-corrected chi connectivity index (χ2v) is 6.57. The third kappa shape index (κ3) is 3.56. The molecule has 29 heavy (non-hydrogen) atoms. The van der Waals surface area contributed by atoms with Gasteiger partial charge < -0.3 is 9.30 Å². The van der Waals surface area contributed by atoms with E-state index in [4.69, 9.17) is 4.74 Å². The molecule has 0 aliphatic carbocycles. The minimum absolute atomic E-state index is 0.0901. The minimum Gasteiger partial charge on any atom is -0.465 e. The Kier molecular flexibility index (Phi) is 5.36. The van der Waals surface area contributed by atoms with E-state index in [1.54, 1.807) is 31.2 Å². The van der Waals surface area contributed by atoms with Crippen LogP contribution in [0.5, 0.6) is 0 Å². The topological polar surface area (TPSA) is 97.7 Å². The van der Waals surface area contributed by atoms with Crippen LogP contribution in [-0.4, -0.2) is 46.9 Å². The van der Waals surface area contributed by atoms with E-state index in [1.807, 2.05) is 24.5 Å². The van der Waals surface area contributed by atoms with Crippen LogP contribution in [0.3, 0.4) is 0 Å². The van der Waals surface area contributed by atoms with E-state index in [9.17, 15) is 19.2 Å². The number of aryl methyl sites for hydroxylation is 1. The zero-order chi connectivity index (χ0) is 21.3. The molecule has 2 aromatic rings. The van der Waals surface area contributed by atoms with Gasteiger partial charge in [-0.15, -0.1) is 0 Å². The maximum atomic E-state index is 12.5. The van der Waals surface area contributed by atoms with Gasteiger partial charge in [-0.3, -0.25) is 19.8 Å². The zero-order valence-electron chi connectivity index (χ0n) is 16.6. The fourth-order valence-corrected chi connectivity index (χ4v) is 3.33. The van der Waals surface area contributed by atoms with Crippen molar-refractivity contribution in [3.05, 3.63) is 58.4 Å². The molecule has 0 spiro atoms. The first kappa shape index (κ1) is 20.1. The predicted molar refractivity (Wildman–Crippen MR) is 105 cm³/mol. The molecule has 1 aromatic heterocycles. The number of rotatable bonds is 4. The lowest BCUT2D eigenvalue weighted by Gasteiger charge is -2.24. The molecule has 1 aliphatic rings. The predicted octanol–water partition coefficient (Wildman–Crippen LogP) is 2.36. The van der Waals surface area contributed by atoms with E-state index in [0.717, 1.165) is 22.0 Å². The number of methoxy groups -OCH3 is 1. The van der Waals surface area contributed by atoms with Crippen molar-refractivity contribution in [1.29, 1.82) is 0 Å². The maximum Gasteiger partial charge on any atom is 0.337 e. The van der Waals surface area contributed by atoms with Gasteiger partial charge in [-0.05, 0) is 62.7 Å². The van der Waals surface area contributed by atoms with Crippen molar-refractivity contribution in [2.45, 2.75) is 20.8 Å². The van der Waals surface area contributed by atoms with Gasteiger partial charge in [-0.1, -0.05) is 0 Å². The van der Waals surface area contributed by atoms with Gasteiger partial charge in [0.15, 0.2) is 0 Å². The maximum absolute atomic E-state index is 12.5. The number of aromatic nitrogens is 1. The summed E-state index contributed by atoms with van der Waals surface area (Å²) in [5.74, 6) is -1.75. The number of amides is 4. The average molecular weight is 395 g/mol. The Bertz CT molecular complexity index is 1050. The Labute approximate surface area is 167 Å². The van der Waals surface area contributed by atoms with Gasteiger partial charge in [-0.25, -0.2) is 9.59 Å². The Hall–Kier alpha value is -3.68. The summed E-state index contributed by atoms with van der Waals surface area (Å²) >= 11 is 0. The fraction of sp³-hybridized carbons (Fsp3) is 0.238. The Balaban J connectivity index is 2.00. The van der Waals surface area contributed by atoms with Crippen molar-refractivity contribution in [3.8, 4) is 5.69 Å². The normalized spacial score (nSPS) is 15.7. The first-order valence-electron chi connectivity index (χ1n) is 9.05. The number of carbonyl (C=O) groups excluding carboxylic acids is 4. The molecule has 1 fully saturated rings. The summed E-state index contributed by atoms with van der Waals surface area (Å²) in [7, 11) is 1.33. The molecule has 0 saturated carbocycles. The monoisotopic (exact) mass is 395 g/mol. The summed E-state index contributed by atoms with van der Waals surface area (Å²) in [6.45, 7) is 5.59. The lowest BCUT2D eigenvalue weighted by atomic mass is 10.1. The van der Waals surface area contributed by atoms with Crippen LogP contribution in [0.15, 0.2) is 35.9 Å². The highest BCUT2D eigenvalue weighted by Crippen LogP contribution is 2.24. The third-order valence-electron chi connectivity index (χ3n) is 4.82. The number of esters is 1. The van der Waals surface area contributed by atoms with Crippen LogP contribution in [0, 0.1) is 13.8 Å². The number of nitrogens with zero attached hydrogens (tertiary/aromatic N) is 2. The standard InChI is InChI=1S/C21H21N3O5/c1-5-23-19(26)17(18(25)22-21(23)28)11-15-10-12(2)24(13(15)3)16-8-6-14(7-9-16)20(27)29-4/h6-11H,5H2,1-4H3,(H,22,25,28)/b17-11+. The van der Waals surface area contributed by atoms with Crippen LogP contribution < -0.4 is 5.32 Å². The van der Waals surface area contributed by atoms with E-state index >= 15 is 0 Å². The van der Waals surface area contributed by atoms with Crippen LogP contribution in [-0.2, 0) is 14.3 Å². The van der Waals surface area contributed by atoms with E-state index in [-0.39, 0.29) is 12.1 Å². The number of nitrogens with one attached hydrogen (secondary N) is 1. The van der Waals surface area contributed by atoms with Gasteiger partial charge in [0.2, 0.25) is 0 Å². The summed E-state index contributed by atoms with van der Waals surface area (Å²) in [5.41, 5.74) is 3.54. The molecule has 0 radical (unpaired) electrons. The average Bonchev–Trinajstić information content (AvgIpc) is 2.98. The number of likely N-dealkylation sites (N-methyl/N-ethyl adjacent to an activating group) is 1. The molecular formula is C21H21N3O5. The van der Waals surface area contributed by atoms with E-state index in [2.05, 4.69) is 5.32 Å². The molecule has 0 atom stereocenters. The van der Waals surface area contributed by atoms with Crippen molar-refractivity contribution in [2.24, 2.45) is 0 Å². The molecule has 0 bridgehead atoms. The van der Waals surface area contributed by atoms with Crippen molar-refractivity contribution in [2.75, 3.05) is 13.7 Å². The Morgan fingerprint density at radius 2 is 1.79 bits per heavy atom. The molecule has 1 saturated heterocycles. The number of barbiturate groups is 1. The smallest absolute Gasteiger partial charge is 0.337 e. The lowest BCUT2D eigenvalue weighted by molar-refractivity contribution is -0.129. The van der Waals surface area contributed by atoms with Crippen LogP contribution in [0.1, 0.15) is 34.2 Å². The van der Waals surface area contributed by atoms with Crippen LogP contribution in [0.2, 0.25) is 0 Å². The molecule has 1 N–H and O–H groups in total. The first-order valence-corrected chi connectivity index (χ1v) is 9.05. The molecule has 8 nitrogen and oxygen atoms in total. The quantitative estimate of drug-likeness (QED) is 0.487. The highest BCUT2D eigenvalue weighted by molar-refractivity contribution is 6.31. The number of ether oxygens (including phenoxy) is 1. The van der Waals surface area contributed by atoms with Crippen molar-refractivity contribution in [3.63, 3.8) is 0 Å². The number of hydrogen-bond donors (Lipinski definition) is 1. The molecule has 2 heterocycles. The summed E-state index contributed by atoms with van der Waals surface area (Å²) in [6, 6.07) is 8.06. The van der Waals surface area contributed by atoms with Crippen molar-refractivity contribution < 1.29 is 23.9 Å². The molecule has 1 aliphatic heterocycles. The van der Waals surface area contributed by atoms with Gasteiger partial charge in [-0.2, -0.15) is 0 Å². The summed E-state index contributed by atoms with van der Waals surface area (Å²) in [6.07, 6.45) is 1.49. The van der Waals surface area contributed by atoms with E-state index in [0.29, 0.717) is 11.1 Å². The van der Waals surface area contributed by atoms with Crippen LogP contribution >= 0.6 is 0 Å². The van der Waals surface area contributed by atoms with Gasteiger partial charge in [0.1, 0.15) is 5.57 Å². The van der Waals surface area contributed by atoms with Crippen molar-refractivity contribution in [1.82, 2.24) is 14.8 Å². The number of hydrogen-bond acceptors (Lipinski definition) is 5. The van der Waals surface area contributed by atoms with Gasteiger partial charge in [0, 0.05) is 23.6 Å². The van der Waals surface area contributed by atoms with Crippen LogP contribution in [0.25, 0.3) is 11.8 Å².